The third-order valence-electron chi connectivity index (χ3n) is 4.37. The van der Waals surface area contributed by atoms with E-state index in [-0.39, 0.29) is 0 Å². The molecule has 0 saturated heterocycles. The zero-order chi connectivity index (χ0) is 20.4. The van der Waals surface area contributed by atoms with Crippen molar-refractivity contribution >= 4 is 38.9 Å². The third kappa shape index (κ3) is 5.02. The standard InChI is InChI=1S/C20H25ClN2O3S/c1-6-18(20(24)22-16-10-9-14(3)17(21)12-16)23(27(5,25)26)19-11-13(2)7-8-15(19)4/h7-12,18H,6H2,1-5H3,(H,22,24)/t18-/m1/s1. The van der Waals surface area contributed by atoms with Crippen LogP contribution in [0.15, 0.2) is 36.4 Å². The lowest BCUT2D eigenvalue weighted by Crippen LogP contribution is -2.47. The van der Waals surface area contributed by atoms with Crippen molar-refractivity contribution in [1.82, 2.24) is 0 Å². The van der Waals surface area contributed by atoms with Gasteiger partial charge in [0, 0.05) is 10.7 Å². The number of nitrogens with zero attached hydrogens (tertiary/aromatic N) is 1. The molecular formula is C20H25ClN2O3S. The maximum absolute atomic E-state index is 12.9. The van der Waals surface area contributed by atoms with Gasteiger partial charge in [-0.3, -0.25) is 9.10 Å². The molecule has 0 radical (unpaired) electrons. The average Bonchev–Trinajstić information content (AvgIpc) is 2.57. The van der Waals surface area contributed by atoms with Crippen LogP contribution in [-0.2, 0) is 14.8 Å². The van der Waals surface area contributed by atoms with E-state index >= 15 is 0 Å². The highest BCUT2D eigenvalue weighted by Gasteiger charge is 2.32. The lowest BCUT2D eigenvalue weighted by atomic mass is 10.1. The summed E-state index contributed by atoms with van der Waals surface area (Å²) >= 11 is 6.12. The zero-order valence-corrected chi connectivity index (χ0v) is 17.8. The van der Waals surface area contributed by atoms with Gasteiger partial charge in [0.2, 0.25) is 15.9 Å². The number of rotatable bonds is 6. The Bertz CT molecular complexity index is 958. The topological polar surface area (TPSA) is 66.5 Å². The van der Waals surface area contributed by atoms with E-state index in [1.54, 1.807) is 31.2 Å². The van der Waals surface area contributed by atoms with Crippen LogP contribution in [-0.4, -0.2) is 26.6 Å². The van der Waals surface area contributed by atoms with Crippen molar-refractivity contribution in [1.29, 1.82) is 0 Å². The number of benzene rings is 2. The molecule has 0 bridgehead atoms. The Balaban J connectivity index is 2.44. The van der Waals surface area contributed by atoms with E-state index in [0.29, 0.717) is 22.8 Å². The van der Waals surface area contributed by atoms with Crippen LogP contribution in [0, 0.1) is 20.8 Å². The molecule has 27 heavy (non-hydrogen) atoms. The number of carbonyl (C=O) groups excluding carboxylic acids is 1. The molecule has 0 fully saturated rings. The van der Waals surface area contributed by atoms with Gasteiger partial charge in [0.25, 0.3) is 0 Å². The molecule has 2 aromatic rings. The van der Waals surface area contributed by atoms with E-state index in [4.69, 9.17) is 11.6 Å². The van der Waals surface area contributed by atoms with Crippen LogP contribution in [0.2, 0.25) is 5.02 Å². The van der Waals surface area contributed by atoms with E-state index < -0.39 is 22.0 Å². The summed E-state index contributed by atoms with van der Waals surface area (Å²) in [6.07, 6.45) is 1.44. The van der Waals surface area contributed by atoms with Crippen molar-refractivity contribution in [3.63, 3.8) is 0 Å². The number of carbonyl (C=O) groups is 1. The van der Waals surface area contributed by atoms with Gasteiger partial charge in [-0.1, -0.05) is 36.7 Å². The second kappa shape index (κ2) is 8.31. The van der Waals surface area contributed by atoms with E-state index in [1.165, 1.54) is 4.31 Å². The van der Waals surface area contributed by atoms with Crippen LogP contribution in [0.1, 0.15) is 30.0 Å². The molecule has 2 aromatic carbocycles. The third-order valence-corrected chi connectivity index (χ3v) is 5.94. The molecule has 0 heterocycles. The first-order chi connectivity index (χ1) is 12.5. The van der Waals surface area contributed by atoms with Crippen LogP contribution >= 0.6 is 11.6 Å². The first-order valence-corrected chi connectivity index (χ1v) is 10.9. The maximum Gasteiger partial charge on any atom is 0.248 e. The van der Waals surface area contributed by atoms with Crippen LogP contribution in [0.4, 0.5) is 11.4 Å². The van der Waals surface area contributed by atoms with E-state index in [9.17, 15) is 13.2 Å². The Morgan fingerprint density at radius 1 is 1.11 bits per heavy atom. The Kier molecular flexibility index (Phi) is 6.54. The second-order valence-electron chi connectivity index (χ2n) is 6.73. The molecule has 2 rings (SSSR count). The van der Waals surface area contributed by atoms with Crippen LogP contribution in [0.5, 0.6) is 0 Å². The number of aryl methyl sites for hydroxylation is 3. The largest absolute Gasteiger partial charge is 0.324 e. The fourth-order valence-electron chi connectivity index (χ4n) is 2.89. The lowest BCUT2D eigenvalue weighted by molar-refractivity contribution is -0.117. The predicted molar refractivity (Wildman–Crippen MR) is 112 cm³/mol. The highest BCUT2D eigenvalue weighted by atomic mass is 35.5. The van der Waals surface area contributed by atoms with Gasteiger partial charge >= 0.3 is 0 Å². The molecule has 0 saturated carbocycles. The first kappa shape index (κ1) is 21.3. The second-order valence-corrected chi connectivity index (χ2v) is 8.99. The molecule has 0 aliphatic rings. The predicted octanol–water partition coefficient (Wildman–Crippen LogP) is 4.45. The molecule has 0 spiro atoms. The zero-order valence-electron chi connectivity index (χ0n) is 16.2. The molecule has 0 aromatic heterocycles. The quantitative estimate of drug-likeness (QED) is 0.767. The summed E-state index contributed by atoms with van der Waals surface area (Å²) in [4.78, 5) is 12.9. The minimum Gasteiger partial charge on any atom is -0.324 e. The summed E-state index contributed by atoms with van der Waals surface area (Å²) in [7, 11) is -3.67. The monoisotopic (exact) mass is 408 g/mol. The summed E-state index contributed by atoms with van der Waals surface area (Å²) in [6, 6.07) is 9.88. The molecule has 7 heteroatoms. The van der Waals surface area contributed by atoms with Gasteiger partial charge in [-0.25, -0.2) is 8.42 Å². The Morgan fingerprint density at radius 3 is 2.30 bits per heavy atom. The molecule has 0 unspecified atom stereocenters. The van der Waals surface area contributed by atoms with Crippen LogP contribution < -0.4 is 9.62 Å². The van der Waals surface area contributed by atoms with Crippen molar-refractivity contribution in [2.24, 2.45) is 0 Å². The number of nitrogens with one attached hydrogen (secondary N) is 1. The molecule has 5 nitrogen and oxygen atoms in total. The SMILES string of the molecule is CC[C@H](C(=O)Nc1ccc(C)c(Cl)c1)N(c1cc(C)ccc1C)S(C)(=O)=O. The van der Waals surface area contributed by atoms with Crippen LogP contribution in [0.3, 0.4) is 0 Å². The summed E-state index contributed by atoms with van der Waals surface area (Å²) < 4.78 is 26.4. The Labute approximate surface area is 166 Å². The highest BCUT2D eigenvalue weighted by molar-refractivity contribution is 7.92. The fraction of sp³-hybridized carbons (Fsp3) is 0.350. The molecule has 146 valence electrons. The number of halogens is 1. The van der Waals surface area contributed by atoms with Gasteiger partial charge in [0.15, 0.2) is 0 Å². The number of anilines is 2. The Hall–Kier alpha value is -2.05. The fourth-order valence-corrected chi connectivity index (χ4v) is 4.33. The normalized spacial score (nSPS) is 12.5. The van der Waals surface area contributed by atoms with Gasteiger partial charge in [-0.15, -0.1) is 0 Å². The highest BCUT2D eigenvalue weighted by Crippen LogP contribution is 2.28. The number of sulfonamides is 1. The molecule has 1 N–H and O–H groups in total. The summed E-state index contributed by atoms with van der Waals surface area (Å²) in [5.41, 5.74) is 3.65. The number of hydrogen-bond donors (Lipinski definition) is 1. The van der Waals surface area contributed by atoms with Crippen molar-refractivity contribution in [3.8, 4) is 0 Å². The average molecular weight is 409 g/mol. The van der Waals surface area contributed by atoms with Crippen molar-refractivity contribution in [2.45, 2.75) is 40.2 Å². The van der Waals surface area contributed by atoms with Gasteiger partial charge in [-0.05, 0) is 62.1 Å². The molecule has 1 amide bonds. The van der Waals surface area contributed by atoms with Crippen LogP contribution in [0.25, 0.3) is 0 Å². The van der Waals surface area contributed by atoms with Gasteiger partial charge < -0.3 is 5.32 Å². The summed E-state index contributed by atoms with van der Waals surface area (Å²) in [5.74, 6) is -0.399. The maximum atomic E-state index is 12.9. The molecular weight excluding hydrogens is 384 g/mol. The lowest BCUT2D eigenvalue weighted by Gasteiger charge is -2.31. The Morgan fingerprint density at radius 2 is 1.74 bits per heavy atom. The van der Waals surface area contributed by atoms with E-state index in [2.05, 4.69) is 5.32 Å². The van der Waals surface area contributed by atoms with Crippen molar-refractivity contribution in [2.75, 3.05) is 15.9 Å². The van der Waals surface area contributed by atoms with Crippen molar-refractivity contribution < 1.29 is 13.2 Å². The molecule has 1 atom stereocenters. The van der Waals surface area contributed by atoms with Crippen molar-refractivity contribution in [3.05, 3.63) is 58.1 Å². The minimum absolute atomic E-state index is 0.325. The molecule has 0 aliphatic heterocycles. The first-order valence-electron chi connectivity index (χ1n) is 8.68. The van der Waals surface area contributed by atoms with Gasteiger partial charge in [0.05, 0.1) is 11.9 Å². The number of amides is 1. The number of hydrogen-bond acceptors (Lipinski definition) is 3. The smallest absolute Gasteiger partial charge is 0.248 e. The summed E-state index contributed by atoms with van der Waals surface area (Å²) in [6.45, 7) is 7.38. The minimum atomic E-state index is -3.67. The molecule has 0 aliphatic carbocycles. The van der Waals surface area contributed by atoms with Gasteiger partial charge in [0.1, 0.15) is 6.04 Å². The van der Waals surface area contributed by atoms with E-state index in [1.807, 2.05) is 32.9 Å². The summed E-state index contributed by atoms with van der Waals surface area (Å²) in [5, 5.41) is 3.33. The van der Waals surface area contributed by atoms with E-state index in [0.717, 1.165) is 22.9 Å². The van der Waals surface area contributed by atoms with Gasteiger partial charge in [-0.2, -0.15) is 0 Å².